The number of ether oxygens (including phenoxy) is 1. The molecule has 1 aliphatic rings. The number of carbonyl (C=O) groups excluding carboxylic acids is 2. The highest BCUT2D eigenvalue weighted by molar-refractivity contribution is 7.90. The van der Waals surface area contributed by atoms with Crippen molar-refractivity contribution in [1.29, 1.82) is 0 Å². The lowest BCUT2D eigenvalue weighted by Gasteiger charge is -2.10. The summed E-state index contributed by atoms with van der Waals surface area (Å²) in [5.74, 6) is -0.363. The Balaban J connectivity index is 1.38. The molecule has 3 amide bonds. The second-order valence-corrected chi connectivity index (χ2v) is 10.4. The molecule has 0 aromatic heterocycles. The van der Waals surface area contributed by atoms with Crippen molar-refractivity contribution in [3.05, 3.63) is 87.9 Å². The molecular weight excluding hydrogens is 490 g/mol. The number of sulfone groups is 1. The van der Waals surface area contributed by atoms with Gasteiger partial charge in [-0.1, -0.05) is 29.8 Å². The van der Waals surface area contributed by atoms with Crippen LogP contribution in [0.15, 0.2) is 65.6 Å². The molecular formula is C25H24ClN3O5S. The third kappa shape index (κ3) is 6.00. The van der Waals surface area contributed by atoms with E-state index in [0.29, 0.717) is 18.0 Å². The number of benzene rings is 3. The third-order valence-corrected chi connectivity index (χ3v) is 7.48. The zero-order chi connectivity index (χ0) is 25.0. The van der Waals surface area contributed by atoms with Gasteiger partial charge in [0, 0.05) is 18.8 Å². The molecule has 3 N–H and O–H groups in total. The van der Waals surface area contributed by atoms with Crippen LogP contribution < -0.4 is 20.7 Å². The Kier molecular flexibility index (Phi) is 7.39. The van der Waals surface area contributed by atoms with Crippen LogP contribution in [0.3, 0.4) is 0 Å². The normalized spacial score (nSPS) is 12.6. The molecule has 0 saturated heterocycles. The topological polar surface area (TPSA) is 114 Å². The molecule has 0 fully saturated rings. The van der Waals surface area contributed by atoms with E-state index < -0.39 is 21.8 Å². The van der Waals surface area contributed by atoms with Crippen molar-refractivity contribution in [3.8, 4) is 5.75 Å². The minimum atomic E-state index is -3.57. The highest BCUT2D eigenvalue weighted by Crippen LogP contribution is 2.24. The molecule has 10 heteroatoms. The molecule has 182 valence electrons. The van der Waals surface area contributed by atoms with E-state index in [1.54, 1.807) is 6.07 Å². The van der Waals surface area contributed by atoms with Crippen molar-refractivity contribution < 1.29 is 22.7 Å². The van der Waals surface area contributed by atoms with Crippen LogP contribution >= 0.6 is 11.6 Å². The fourth-order valence-corrected chi connectivity index (χ4v) is 5.29. The number of amides is 3. The number of urea groups is 1. The van der Waals surface area contributed by atoms with E-state index in [1.165, 1.54) is 42.0 Å². The monoisotopic (exact) mass is 513 g/mol. The Morgan fingerprint density at radius 1 is 1.00 bits per heavy atom. The summed E-state index contributed by atoms with van der Waals surface area (Å²) in [7, 11) is -3.57. The van der Waals surface area contributed by atoms with Crippen LogP contribution in [0.2, 0.25) is 5.02 Å². The average Bonchev–Trinajstić information content (AvgIpc) is 3.28. The third-order valence-electron chi connectivity index (χ3n) is 5.45. The van der Waals surface area contributed by atoms with Crippen molar-refractivity contribution in [3.63, 3.8) is 0 Å². The molecule has 0 aliphatic carbocycles. The van der Waals surface area contributed by atoms with Crippen LogP contribution in [0.1, 0.15) is 34.0 Å². The first kappa shape index (κ1) is 24.7. The lowest BCUT2D eigenvalue weighted by atomic mass is 10.1. The highest BCUT2D eigenvalue weighted by Gasteiger charge is 2.19. The molecule has 0 atom stereocenters. The average molecular weight is 514 g/mol. The summed E-state index contributed by atoms with van der Waals surface area (Å²) < 4.78 is 31.1. The first-order chi connectivity index (χ1) is 16.7. The Labute approximate surface area is 208 Å². The van der Waals surface area contributed by atoms with Gasteiger partial charge in [0.25, 0.3) is 5.91 Å². The van der Waals surface area contributed by atoms with Crippen molar-refractivity contribution in [2.75, 3.05) is 11.9 Å². The van der Waals surface area contributed by atoms with Gasteiger partial charge in [0.15, 0.2) is 9.84 Å². The van der Waals surface area contributed by atoms with Crippen LogP contribution in [-0.2, 0) is 28.7 Å². The molecule has 1 heterocycles. The first-order valence-corrected chi connectivity index (χ1v) is 13.0. The van der Waals surface area contributed by atoms with Crippen LogP contribution in [-0.4, -0.2) is 27.0 Å². The smallest absolute Gasteiger partial charge is 0.326 e. The summed E-state index contributed by atoms with van der Waals surface area (Å²) in [4.78, 5) is 24.9. The number of halogens is 1. The van der Waals surface area contributed by atoms with E-state index in [2.05, 4.69) is 16.0 Å². The van der Waals surface area contributed by atoms with Crippen molar-refractivity contribution in [2.24, 2.45) is 0 Å². The van der Waals surface area contributed by atoms with Gasteiger partial charge in [-0.3, -0.25) is 10.1 Å². The zero-order valence-electron chi connectivity index (χ0n) is 18.9. The minimum absolute atomic E-state index is 0.0940. The maximum Gasteiger partial charge on any atom is 0.326 e. The number of carbonyl (C=O) groups is 2. The summed E-state index contributed by atoms with van der Waals surface area (Å²) in [5.41, 5.74) is 3.44. The lowest BCUT2D eigenvalue weighted by molar-refractivity contribution is 0.0966. The van der Waals surface area contributed by atoms with Crippen LogP contribution in [0, 0.1) is 0 Å². The summed E-state index contributed by atoms with van der Waals surface area (Å²) >= 11 is 6.07. The predicted octanol–water partition coefficient (Wildman–Crippen LogP) is 4.28. The number of hydrogen-bond donors (Lipinski definition) is 3. The molecule has 3 aromatic rings. The molecule has 4 rings (SSSR count). The van der Waals surface area contributed by atoms with E-state index in [1.807, 2.05) is 25.1 Å². The number of imide groups is 1. The van der Waals surface area contributed by atoms with E-state index in [0.717, 1.165) is 24.2 Å². The molecule has 0 radical (unpaired) electrons. The number of rotatable bonds is 7. The predicted molar refractivity (Wildman–Crippen MR) is 133 cm³/mol. The largest absolute Gasteiger partial charge is 0.494 e. The van der Waals surface area contributed by atoms with E-state index in [4.69, 9.17) is 16.3 Å². The second-order valence-electron chi connectivity index (χ2n) is 7.97. The number of nitrogens with one attached hydrogen (secondary N) is 3. The van der Waals surface area contributed by atoms with Gasteiger partial charge in [0.05, 0.1) is 27.8 Å². The Morgan fingerprint density at radius 3 is 2.49 bits per heavy atom. The SMILES string of the molecule is CCOc1ccc(Cl)c(C(=O)NC(=O)Nc2ccc(S(=O)(=O)Cc3ccc4c(c3)CNC4)cc2)c1. The van der Waals surface area contributed by atoms with E-state index in [9.17, 15) is 18.0 Å². The lowest BCUT2D eigenvalue weighted by Crippen LogP contribution is -2.34. The highest BCUT2D eigenvalue weighted by atomic mass is 35.5. The van der Waals surface area contributed by atoms with Gasteiger partial charge in [0.2, 0.25) is 0 Å². The maximum atomic E-state index is 12.9. The van der Waals surface area contributed by atoms with Gasteiger partial charge in [-0.2, -0.15) is 0 Å². The zero-order valence-corrected chi connectivity index (χ0v) is 20.5. The second kappa shape index (κ2) is 10.5. The summed E-state index contributed by atoms with van der Waals surface area (Å²) in [6, 6.07) is 15.3. The summed E-state index contributed by atoms with van der Waals surface area (Å²) in [5, 5.41) is 8.13. The van der Waals surface area contributed by atoms with Crippen LogP contribution in [0.5, 0.6) is 5.75 Å². The molecule has 0 spiro atoms. The molecule has 8 nitrogen and oxygen atoms in total. The number of hydrogen-bond acceptors (Lipinski definition) is 6. The van der Waals surface area contributed by atoms with E-state index in [-0.39, 0.29) is 21.2 Å². The van der Waals surface area contributed by atoms with E-state index >= 15 is 0 Å². The Morgan fingerprint density at radius 2 is 1.74 bits per heavy atom. The van der Waals surface area contributed by atoms with Crippen molar-refractivity contribution in [2.45, 2.75) is 30.7 Å². The molecule has 0 saturated carbocycles. The van der Waals surface area contributed by atoms with Gasteiger partial charge in [0.1, 0.15) is 5.75 Å². The Hall–Kier alpha value is -3.40. The first-order valence-electron chi connectivity index (χ1n) is 10.9. The number of fused-ring (bicyclic) bond motifs is 1. The fourth-order valence-electron chi connectivity index (χ4n) is 3.75. The summed E-state index contributed by atoms with van der Waals surface area (Å²) in [6.45, 7) is 3.75. The minimum Gasteiger partial charge on any atom is -0.494 e. The van der Waals surface area contributed by atoms with Gasteiger partial charge in [-0.05, 0) is 66.1 Å². The van der Waals surface area contributed by atoms with Gasteiger partial charge in [-0.25, -0.2) is 13.2 Å². The van der Waals surface area contributed by atoms with Crippen molar-refractivity contribution >= 4 is 39.1 Å². The Bertz CT molecular complexity index is 1370. The molecule has 35 heavy (non-hydrogen) atoms. The summed E-state index contributed by atoms with van der Waals surface area (Å²) in [6.07, 6.45) is 0. The van der Waals surface area contributed by atoms with Gasteiger partial charge >= 0.3 is 6.03 Å². The quantitative estimate of drug-likeness (QED) is 0.434. The maximum absolute atomic E-state index is 12.9. The molecule has 1 aliphatic heterocycles. The van der Waals surface area contributed by atoms with Crippen LogP contribution in [0.25, 0.3) is 0 Å². The van der Waals surface area contributed by atoms with Gasteiger partial charge < -0.3 is 15.4 Å². The van der Waals surface area contributed by atoms with Crippen molar-refractivity contribution in [1.82, 2.24) is 10.6 Å². The van der Waals surface area contributed by atoms with Gasteiger partial charge in [-0.15, -0.1) is 0 Å². The fraction of sp³-hybridized carbons (Fsp3) is 0.200. The molecule has 0 bridgehead atoms. The number of anilines is 1. The molecule has 3 aromatic carbocycles. The van der Waals surface area contributed by atoms with Crippen LogP contribution in [0.4, 0.5) is 10.5 Å². The standard InChI is InChI=1S/C25H24ClN3O5S/c1-2-34-20-7-10-23(26)22(12-20)24(30)29-25(31)28-19-5-8-21(9-6-19)35(32,33)15-16-3-4-17-13-27-14-18(17)11-16/h3-12,27H,2,13-15H2,1H3,(H2,28,29,30,31). The molecule has 0 unspecified atom stereocenters.